The Morgan fingerprint density at radius 2 is 1.77 bits per heavy atom. The van der Waals surface area contributed by atoms with Crippen molar-refractivity contribution in [2.24, 2.45) is 7.05 Å². The maximum absolute atomic E-state index is 12.3. The number of carbonyl (C=O) groups is 1. The van der Waals surface area contributed by atoms with E-state index in [0.717, 1.165) is 16.8 Å². The Kier molecular flexibility index (Phi) is 5.41. The summed E-state index contributed by atoms with van der Waals surface area (Å²) in [7, 11) is 1.74. The first-order valence-corrected chi connectivity index (χ1v) is 8.66. The summed E-state index contributed by atoms with van der Waals surface area (Å²) in [5.74, 6) is 0.685. The quantitative estimate of drug-likeness (QED) is 0.663. The van der Waals surface area contributed by atoms with E-state index in [1.54, 1.807) is 16.2 Å². The monoisotopic (exact) mass is 353 g/mol. The van der Waals surface area contributed by atoms with Gasteiger partial charge in [-0.2, -0.15) is 0 Å². The average molecular weight is 353 g/mol. The van der Waals surface area contributed by atoms with Crippen molar-refractivity contribution in [3.05, 3.63) is 64.6 Å². The molecule has 6 nitrogen and oxygen atoms in total. The minimum atomic E-state index is -0.110. The first-order chi connectivity index (χ1) is 12.6. The lowest BCUT2D eigenvalue weighted by atomic mass is 10.2. The highest BCUT2D eigenvalue weighted by atomic mass is 16.5. The van der Waals surface area contributed by atoms with Gasteiger partial charge in [0, 0.05) is 20.0 Å². The number of para-hydroxylation sites is 2. The highest BCUT2D eigenvalue weighted by Gasteiger charge is 2.11. The first-order valence-electron chi connectivity index (χ1n) is 8.66. The van der Waals surface area contributed by atoms with Crippen LogP contribution in [-0.4, -0.2) is 28.2 Å². The van der Waals surface area contributed by atoms with E-state index >= 15 is 0 Å². The molecule has 1 N–H and O–H groups in total. The first kappa shape index (κ1) is 17.8. The number of imidazole rings is 1. The maximum atomic E-state index is 12.3. The van der Waals surface area contributed by atoms with Crippen LogP contribution in [0.25, 0.3) is 11.0 Å². The summed E-state index contributed by atoms with van der Waals surface area (Å²) >= 11 is 0. The van der Waals surface area contributed by atoms with Gasteiger partial charge in [-0.1, -0.05) is 29.8 Å². The van der Waals surface area contributed by atoms with Gasteiger partial charge in [0.1, 0.15) is 12.4 Å². The SMILES string of the molecule is Cc1ccc(OCCNC(=O)CCn2c(=O)n(C)c3ccccc32)cc1. The van der Waals surface area contributed by atoms with Crippen LogP contribution in [0.2, 0.25) is 0 Å². The molecule has 0 bridgehead atoms. The van der Waals surface area contributed by atoms with Crippen LogP contribution in [0.1, 0.15) is 12.0 Å². The van der Waals surface area contributed by atoms with Gasteiger partial charge in [0.2, 0.25) is 5.91 Å². The summed E-state index contributed by atoms with van der Waals surface area (Å²) in [5.41, 5.74) is 2.77. The third kappa shape index (κ3) is 3.96. The third-order valence-corrected chi connectivity index (χ3v) is 4.33. The van der Waals surface area contributed by atoms with Gasteiger partial charge in [0.05, 0.1) is 17.6 Å². The van der Waals surface area contributed by atoms with E-state index in [-0.39, 0.29) is 18.0 Å². The molecule has 1 aromatic heterocycles. The fourth-order valence-electron chi connectivity index (χ4n) is 2.87. The number of amides is 1. The highest BCUT2D eigenvalue weighted by Crippen LogP contribution is 2.12. The van der Waals surface area contributed by atoms with Crippen molar-refractivity contribution in [1.29, 1.82) is 0 Å². The number of nitrogens with one attached hydrogen (secondary N) is 1. The summed E-state index contributed by atoms with van der Waals surface area (Å²) < 4.78 is 8.82. The van der Waals surface area contributed by atoms with E-state index in [1.807, 2.05) is 55.5 Å². The Hall–Kier alpha value is -3.02. The number of hydrogen-bond acceptors (Lipinski definition) is 3. The standard InChI is InChI=1S/C20H23N3O3/c1-15-7-9-16(10-8-15)26-14-12-21-19(24)11-13-23-18-6-4-3-5-17(18)22(2)20(23)25/h3-10H,11-14H2,1-2H3,(H,21,24). The number of rotatable bonds is 7. The molecule has 0 aliphatic carbocycles. The minimum absolute atomic E-state index is 0.0997. The van der Waals surface area contributed by atoms with Gasteiger partial charge in [-0.3, -0.25) is 13.9 Å². The fraction of sp³-hybridized carbons (Fsp3) is 0.300. The summed E-state index contributed by atoms with van der Waals surface area (Å²) in [5, 5.41) is 2.82. The summed E-state index contributed by atoms with van der Waals surface area (Å²) in [6, 6.07) is 15.4. The molecule has 3 rings (SSSR count). The lowest BCUT2D eigenvalue weighted by molar-refractivity contribution is -0.121. The number of fused-ring (bicyclic) bond motifs is 1. The van der Waals surface area contributed by atoms with Gasteiger partial charge in [-0.15, -0.1) is 0 Å². The van der Waals surface area contributed by atoms with Crippen molar-refractivity contribution in [1.82, 2.24) is 14.5 Å². The Morgan fingerprint density at radius 1 is 1.08 bits per heavy atom. The van der Waals surface area contributed by atoms with Crippen molar-refractivity contribution in [3.63, 3.8) is 0 Å². The number of benzene rings is 2. The van der Waals surface area contributed by atoms with Gasteiger partial charge in [-0.25, -0.2) is 4.79 Å². The largest absolute Gasteiger partial charge is 0.492 e. The topological polar surface area (TPSA) is 65.3 Å². The Balaban J connectivity index is 1.48. The molecule has 6 heteroatoms. The lowest BCUT2D eigenvalue weighted by Crippen LogP contribution is -2.30. The molecule has 1 heterocycles. The van der Waals surface area contributed by atoms with E-state index in [0.29, 0.717) is 19.7 Å². The number of aryl methyl sites for hydroxylation is 3. The van der Waals surface area contributed by atoms with Crippen LogP contribution >= 0.6 is 0 Å². The van der Waals surface area contributed by atoms with E-state index in [9.17, 15) is 9.59 Å². The van der Waals surface area contributed by atoms with Crippen molar-refractivity contribution in [2.75, 3.05) is 13.2 Å². The summed E-state index contributed by atoms with van der Waals surface area (Å²) in [4.78, 5) is 24.4. The zero-order valence-corrected chi connectivity index (χ0v) is 15.1. The molecular formula is C20H23N3O3. The molecule has 3 aromatic rings. The number of nitrogens with zero attached hydrogens (tertiary/aromatic N) is 2. The molecule has 1 amide bonds. The molecule has 0 spiro atoms. The molecular weight excluding hydrogens is 330 g/mol. The van der Waals surface area contributed by atoms with Gasteiger partial charge in [0.25, 0.3) is 0 Å². The second kappa shape index (κ2) is 7.91. The smallest absolute Gasteiger partial charge is 0.328 e. The van der Waals surface area contributed by atoms with Crippen LogP contribution in [0.4, 0.5) is 0 Å². The fourth-order valence-corrected chi connectivity index (χ4v) is 2.87. The molecule has 0 atom stereocenters. The van der Waals surface area contributed by atoms with Crippen LogP contribution < -0.4 is 15.7 Å². The molecule has 2 aromatic carbocycles. The molecule has 0 aliphatic heterocycles. The van der Waals surface area contributed by atoms with E-state index in [2.05, 4.69) is 5.32 Å². The van der Waals surface area contributed by atoms with Gasteiger partial charge < -0.3 is 10.1 Å². The van der Waals surface area contributed by atoms with Crippen LogP contribution in [-0.2, 0) is 18.4 Å². The molecule has 0 radical (unpaired) electrons. The lowest BCUT2D eigenvalue weighted by Gasteiger charge is -2.08. The number of hydrogen-bond donors (Lipinski definition) is 1. The second-order valence-corrected chi connectivity index (χ2v) is 6.24. The molecule has 136 valence electrons. The van der Waals surface area contributed by atoms with Crippen LogP contribution in [0.15, 0.2) is 53.3 Å². The van der Waals surface area contributed by atoms with Crippen LogP contribution in [0, 0.1) is 6.92 Å². The molecule has 0 aliphatic rings. The van der Waals surface area contributed by atoms with Crippen molar-refractivity contribution < 1.29 is 9.53 Å². The number of aromatic nitrogens is 2. The van der Waals surface area contributed by atoms with Gasteiger partial charge in [0.15, 0.2) is 0 Å². The van der Waals surface area contributed by atoms with Gasteiger partial charge >= 0.3 is 5.69 Å². The number of carbonyl (C=O) groups excluding carboxylic acids is 1. The summed E-state index contributed by atoms with van der Waals surface area (Å²) in [6.45, 7) is 3.20. The molecule has 0 fully saturated rings. The Morgan fingerprint density at radius 3 is 2.50 bits per heavy atom. The van der Waals surface area contributed by atoms with E-state index in [4.69, 9.17) is 4.74 Å². The van der Waals surface area contributed by atoms with Crippen molar-refractivity contribution in [2.45, 2.75) is 19.9 Å². The third-order valence-electron chi connectivity index (χ3n) is 4.33. The normalized spacial score (nSPS) is 10.8. The van der Waals surface area contributed by atoms with Gasteiger partial charge in [-0.05, 0) is 31.2 Å². The van der Waals surface area contributed by atoms with Crippen LogP contribution in [0.5, 0.6) is 5.75 Å². The Bertz CT molecular complexity index is 955. The molecule has 0 saturated heterocycles. The Labute approximate surface area is 152 Å². The van der Waals surface area contributed by atoms with Crippen LogP contribution in [0.3, 0.4) is 0 Å². The predicted molar refractivity (Wildman–Crippen MR) is 101 cm³/mol. The maximum Gasteiger partial charge on any atom is 0.328 e. The highest BCUT2D eigenvalue weighted by molar-refractivity contribution is 5.77. The molecule has 26 heavy (non-hydrogen) atoms. The van der Waals surface area contributed by atoms with E-state index in [1.165, 1.54) is 5.56 Å². The minimum Gasteiger partial charge on any atom is -0.492 e. The van der Waals surface area contributed by atoms with E-state index < -0.39 is 0 Å². The predicted octanol–water partition coefficient (Wildman–Crippen LogP) is 2.23. The molecule has 0 unspecified atom stereocenters. The zero-order valence-electron chi connectivity index (χ0n) is 15.1. The second-order valence-electron chi connectivity index (χ2n) is 6.24. The zero-order chi connectivity index (χ0) is 18.5. The average Bonchev–Trinajstić information content (AvgIpc) is 2.89. The van der Waals surface area contributed by atoms with Crippen molar-refractivity contribution in [3.8, 4) is 5.75 Å². The van der Waals surface area contributed by atoms with Crippen molar-refractivity contribution >= 4 is 16.9 Å². The summed E-state index contributed by atoms with van der Waals surface area (Å²) in [6.07, 6.45) is 0.248. The molecule has 0 saturated carbocycles. The number of ether oxygens (including phenoxy) is 1.